The zero-order valence-electron chi connectivity index (χ0n) is 15.0. The third-order valence-corrected chi connectivity index (χ3v) is 4.38. The van der Waals surface area contributed by atoms with Crippen LogP contribution in [0.1, 0.15) is 30.9 Å². The minimum absolute atomic E-state index is 0.150. The highest BCUT2D eigenvalue weighted by Gasteiger charge is 2.17. The van der Waals surface area contributed by atoms with E-state index in [9.17, 15) is 10.1 Å². The topological polar surface area (TPSA) is 59.4 Å². The Balaban J connectivity index is 2.18. The molecule has 5 heteroatoms. The third kappa shape index (κ3) is 4.36. The monoisotopic (exact) mass is 326 g/mol. The van der Waals surface area contributed by atoms with E-state index in [0.29, 0.717) is 5.92 Å². The second-order valence-electron chi connectivity index (χ2n) is 6.64. The molecule has 128 valence electrons. The summed E-state index contributed by atoms with van der Waals surface area (Å²) >= 11 is 0. The lowest BCUT2D eigenvalue weighted by atomic mass is 9.98. The molecule has 0 aliphatic carbocycles. The number of benzene rings is 1. The molecule has 0 radical (unpaired) electrons. The number of carbonyl (C=O) groups excluding carboxylic acids is 1. The van der Waals surface area contributed by atoms with Gasteiger partial charge in [0.05, 0.1) is 0 Å². The fourth-order valence-electron chi connectivity index (χ4n) is 2.80. The first-order chi connectivity index (χ1) is 11.4. The molecule has 1 aliphatic heterocycles. The Labute approximate surface area is 144 Å². The maximum Gasteiger partial charge on any atom is 0.267 e. The summed E-state index contributed by atoms with van der Waals surface area (Å²) in [5, 5.41) is 12.3. The van der Waals surface area contributed by atoms with Gasteiger partial charge < -0.3 is 15.1 Å². The molecule has 0 unspecified atom stereocenters. The van der Waals surface area contributed by atoms with Crippen LogP contribution in [0, 0.1) is 18.3 Å². The summed E-state index contributed by atoms with van der Waals surface area (Å²) < 4.78 is 0. The molecule has 1 aliphatic rings. The molecule has 5 nitrogen and oxygen atoms in total. The predicted octanol–water partition coefficient (Wildman–Crippen LogP) is 2.71. The van der Waals surface area contributed by atoms with Crippen LogP contribution in [0.2, 0.25) is 0 Å². The standard InChI is InChI=1S/C19H26N4O/c1-14(2)17-7-5-6-15(3)18(17)21-19(24)16(12-20)13-23-10-8-22(4)9-11-23/h5-7,13-14H,8-11H2,1-4H3,(H,21,24)/b16-13-. The number of nitrogens with one attached hydrogen (secondary N) is 1. The van der Waals surface area contributed by atoms with E-state index in [1.807, 2.05) is 36.1 Å². The van der Waals surface area contributed by atoms with E-state index in [1.165, 1.54) is 0 Å². The first-order valence-electron chi connectivity index (χ1n) is 8.37. The summed E-state index contributed by atoms with van der Waals surface area (Å²) in [6.07, 6.45) is 1.69. The molecule has 24 heavy (non-hydrogen) atoms. The number of rotatable bonds is 4. The Morgan fingerprint density at radius 1 is 1.29 bits per heavy atom. The maximum atomic E-state index is 12.6. The molecule has 0 saturated carbocycles. The summed E-state index contributed by atoms with van der Waals surface area (Å²) in [5.74, 6) is -0.0417. The van der Waals surface area contributed by atoms with E-state index in [1.54, 1.807) is 6.20 Å². The largest absolute Gasteiger partial charge is 0.374 e. The van der Waals surface area contributed by atoms with Gasteiger partial charge in [0, 0.05) is 38.1 Å². The number of aryl methyl sites for hydroxylation is 1. The predicted molar refractivity (Wildman–Crippen MR) is 96.7 cm³/mol. The molecule has 2 rings (SSSR count). The first-order valence-corrected chi connectivity index (χ1v) is 8.37. The van der Waals surface area contributed by atoms with Gasteiger partial charge in [0.1, 0.15) is 11.6 Å². The minimum Gasteiger partial charge on any atom is -0.374 e. The third-order valence-electron chi connectivity index (χ3n) is 4.38. The highest BCUT2D eigenvalue weighted by atomic mass is 16.1. The van der Waals surface area contributed by atoms with Gasteiger partial charge in [-0.25, -0.2) is 0 Å². The van der Waals surface area contributed by atoms with Crippen LogP contribution in [0.4, 0.5) is 5.69 Å². The SMILES string of the molecule is Cc1cccc(C(C)C)c1NC(=O)/C(C#N)=C\N1CCN(C)CC1. The lowest BCUT2D eigenvalue weighted by Crippen LogP contribution is -2.42. The van der Waals surface area contributed by atoms with Crippen LogP contribution >= 0.6 is 0 Å². The van der Waals surface area contributed by atoms with E-state index >= 15 is 0 Å². The highest BCUT2D eigenvalue weighted by molar-refractivity contribution is 6.07. The number of nitrogens with zero attached hydrogens (tertiary/aromatic N) is 3. The Bertz CT molecular complexity index is 664. The maximum absolute atomic E-state index is 12.6. The van der Waals surface area contributed by atoms with Gasteiger partial charge in [0.15, 0.2) is 0 Å². The van der Waals surface area contributed by atoms with Crippen molar-refractivity contribution in [3.63, 3.8) is 0 Å². The van der Waals surface area contributed by atoms with Crippen LogP contribution in [0.15, 0.2) is 30.0 Å². The van der Waals surface area contributed by atoms with Crippen LogP contribution < -0.4 is 5.32 Å². The summed E-state index contributed by atoms with van der Waals surface area (Å²) in [7, 11) is 2.07. The van der Waals surface area contributed by atoms with E-state index in [-0.39, 0.29) is 11.5 Å². The van der Waals surface area contributed by atoms with Crippen LogP contribution in [0.25, 0.3) is 0 Å². The second-order valence-corrected chi connectivity index (χ2v) is 6.64. The van der Waals surface area contributed by atoms with Gasteiger partial charge in [-0.3, -0.25) is 4.79 Å². The van der Waals surface area contributed by atoms with Crippen molar-refractivity contribution in [2.45, 2.75) is 26.7 Å². The summed E-state index contributed by atoms with van der Waals surface area (Å²) in [6, 6.07) is 8.02. The molecule has 1 saturated heterocycles. The number of carbonyl (C=O) groups is 1. The van der Waals surface area contributed by atoms with Gasteiger partial charge in [0.2, 0.25) is 0 Å². The van der Waals surface area contributed by atoms with Crippen molar-refractivity contribution in [3.05, 3.63) is 41.1 Å². The van der Waals surface area contributed by atoms with Gasteiger partial charge in [0.25, 0.3) is 5.91 Å². The van der Waals surface area contributed by atoms with Crippen LogP contribution in [-0.2, 0) is 4.79 Å². The molecular weight excluding hydrogens is 300 g/mol. The molecule has 0 bridgehead atoms. The van der Waals surface area contributed by atoms with Gasteiger partial charge in [-0.05, 0) is 31.0 Å². The Kier molecular flexibility index (Phi) is 5.99. The number of anilines is 1. The Morgan fingerprint density at radius 3 is 2.54 bits per heavy atom. The molecule has 0 aromatic heterocycles. The number of para-hydroxylation sites is 1. The fraction of sp³-hybridized carbons (Fsp3) is 0.474. The van der Waals surface area contributed by atoms with Crippen molar-refractivity contribution in [2.24, 2.45) is 0 Å². The van der Waals surface area contributed by atoms with Crippen LogP contribution in [-0.4, -0.2) is 48.9 Å². The number of hydrogen-bond donors (Lipinski definition) is 1. The molecule has 0 spiro atoms. The quantitative estimate of drug-likeness (QED) is 0.683. The van der Waals surface area contributed by atoms with Gasteiger partial charge in [-0.2, -0.15) is 5.26 Å². The Hall–Kier alpha value is -2.32. The van der Waals surface area contributed by atoms with Crippen molar-refractivity contribution in [3.8, 4) is 6.07 Å². The molecule has 0 atom stereocenters. The molecule has 1 heterocycles. The van der Waals surface area contributed by atoms with Crippen LogP contribution in [0.5, 0.6) is 0 Å². The highest BCUT2D eigenvalue weighted by Crippen LogP contribution is 2.27. The molecule has 1 aromatic carbocycles. The van der Waals surface area contributed by atoms with Crippen LogP contribution in [0.3, 0.4) is 0 Å². The van der Waals surface area contributed by atoms with Gasteiger partial charge >= 0.3 is 0 Å². The average molecular weight is 326 g/mol. The zero-order valence-corrected chi connectivity index (χ0v) is 15.0. The normalized spacial score (nSPS) is 16.2. The molecule has 1 N–H and O–H groups in total. The van der Waals surface area contributed by atoms with Gasteiger partial charge in [-0.15, -0.1) is 0 Å². The van der Waals surface area contributed by atoms with E-state index in [2.05, 4.69) is 31.1 Å². The second kappa shape index (κ2) is 7.98. The molecule has 1 amide bonds. The lowest BCUT2D eigenvalue weighted by molar-refractivity contribution is -0.112. The van der Waals surface area contributed by atoms with E-state index < -0.39 is 0 Å². The Morgan fingerprint density at radius 2 is 1.96 bits per heavy atom. The number of likely N-dealkylation sites (N-methyl/N-ethyl adjacent to an activating group) is 1. The van der Waals surface area contributed by atoms with Crippen molar-refractivity contribution in [2.75, 3.05) is 38.5 Å². The summed E-state index contributed by atoms with van der Waals surface area (Å²) in [4.78, 5) is 16.8. The number of piperazine rings is 1. The van der Waals surface area contributed by atoms with Gasteiger partial charge in [-0.1, -0.05) is 32.0 Å². The van der Waals surface area contributed by atoms with Crippen molar-refractivity contribution in [1.82, 2.24) is 9.80 Å². The summed E-state index contributed by atoms with van der Waals surface area (Å²) in [6.45, 7) is 9.69. The molecular formula is C19H26N4O. The van der Waals surface area contributed by atoms with Crippen molar-refractivity contribution >= 4 is 11.6 Å². The minimum atomic E-state index is -0.340. The fourth-order valence-corrected chi connectivity index (χ4v) is 2.80. The molecule has 1 aromatic rings. The van der Waals surface area contributed by atoms with Crippen molar-refractivity contribution in [1.29, 1.82) is 5.26 Å². The smallest absolute Gasteiger partial charge is 0.267 e. The van der Waals surface area contributed by atoms with Crippen molar-refractivity contribution < 1.29 is 4.79 Å². The van der Waals surface area contributed by atoms with E-state index in [4.69, 9.17) is 0 Å². The van der Waals surface area contributed by atoms with E-state index in [0.717, 1.165) is 43.0 Å². The first kappa shape index (κ1) is 18.0. The summed E-state index contributed by atoms with van der Waals surface area (Å²) in [5.41, 5.74) is 3.06. The zero-order chi connectivity index (χ0) is 17.7. The number of nitriles is 1. The number of hydrogen-bond acceptors (Lipinski definition) is 4. The number of amides is 1. The lowest BCUT2D eigenvalue weighted by Gasteiger charge is -2.31. The molecule has 1 fully saturated rings. The average Bonchev–Trinajstić information content (AvgIpc) is 2.55.